The van der Waals surface area contributed by atoms with Crippen LogP contribution >= 0.6 is 11.8 Å². The number of rotatable bonds is 2. The SMILES string of the molecule is CSc1ccccc1-c1cnn(C)c1N. The third-order valence-corrected chi connectivity index (χ3v) is 3.18. The predicted molar refractivity (Wildman–Crippen MR) is 64.8 cm³/mol. The molecule has 0 unspecified atom stereocenters. The summed E-state index contributed by atoms with van der Waals surface area (Å²) >= 11 is 1.72. The average molecular weight is 219 g/mol. The number of hydrogen-bond donors (Lipinski definition) is 1. The van der Waals surface area contributed by atoms with Crippen molar-refractivity contribution in [2.24, 2.45) is 7.05 Å². The van der Waals surface area contributed by atoms with E-state index < -0.39 is 0 Å². The Labute approximate surface area is 93.3 Å². The van der Waals surface area contributed by atoms with Crippen LogP contribution in [0.5, 0.6) is 0 Å². The number of nitrogen functional groups attached to an aromatic ring is 1. The molecule has 1 aromatic heterocycles. The molecule has 0 bridgehead atoms. The van der Waals surface area contributed by atoms with Crippen LogP contribution in [0.25, 0.3) is 11.1 Å². The van der Waals surface area contributed by atoms with E-state index in [1.165, 1.54) is 4.90 Å². The standard InChI is InChI=1S/C11H13N3S/c1-14-11(12)9(7-13-14)8-5-3-4-6-10(8)15-2/h3-7H,12H2,1-2H3. The molecule has 0 aliphatic rings. The molecular weight excluding hydrogens is 206 g/mol. The van der Waals surface area contributed by atoms with Crippen LogP contribution in [0, 0.1) is 0 Å². The molecule has 2 aromatic rings. The van der Waals surface area contributed by atoms with Gasteiger partial charge in [0.2, 0.25) is 0 Å². The lowest BCUT2D eigenvalue weighted by atomic mass is 10.1. The largest absolute Gasteiger partial charge is 0.383 e. The van der Waals surface area contributed by atoms with Crippen molar-refractivity contribution >= 4 is 17.6 Å². The van der Waals surface area contributed by atoms with Crippen molar-refractivity contribution in [2.75, 3.05) is 12.0 Å². The number of aromatic nitrogens is 2. The molecule has 0 saturated heterocycles. The molecule has 0 amide bonds. The van der Waals surface area contributed by atoms with Gasteiger partial charge < -0.3 is 5.73 Å². The van der Waals surface area contributed by atoms with Gasteiger partial charge in [0.1, 0.15) is 5.82 Å². The van der Waals surface area contributed by atoms with Crippen molar-refractivity contribution < 1.29 is 0 Å². The molecule has 1 heterocycles. The summed E-state index contributed by atoms with van der Waals surface area (Å²) < 4.78 is 1.69. The molecular formula is C11H13N3S. The molecule has 0 fully saturated rings. The van der Waals surface area contributed by atoms with Gasteiger partial charge in [-0.1, -0.05) is 18.2 Å². The third kappa shape index (κ3) is 1.72. The summed E-state index contributed by atoms with van der Waals surface area (Å²) in [6, 6.07) is 8.20. The molecule has 1 aromatic carbocycles. The van der Waals surface area contributed by atoms with E-state index in [2.05, 4.69) is 23.5 Å². The number of benzene rings is 1. The van der Waals surface area contributed by atoms with E-state index in [1.807, 2.05) is 25.4 Å². The van der Waals surface area contributed by atoms with Crippen molar-refractivity contribution in [3.63, 3.8) is 0 Å². The Balaban J connectivity index is 2.58. The van der Waals surface area contributed by atoms with Gasteiger partial charge in [0.25, 0.3) is 0 Å². The number of aryl methyl sites for hydroxylation is 1. The molecule has 2 N–H and O–H groups in total. The lowest BCUT2D eigenvalue weighted by Crippen LogP contribution is -1.98. The van der Waals surface area contributed by atoms with Crippen molar-refractivity contribution in [1.29, 1.82) is 0 Å². The zero-order valence-corrected chi connectivity index (χ0v) is 9.58. The van der Waals surface area contributed by atoms with Crippen LogP contribution in [0.1, 0.15) is 0 Å². The van der Waals surface area contributed by atoms with E-state index in [4.69, 9.17) is 5.73 Å². The van der Waals surface area contributed by atoms with Gasteiger partial charge >= 0.3 is 0 Å². The van der Waals surface area contributed by atoms with Crippen LogP contribution < -0.4 is 5.73 Å². The van der Waals surface area contributed by atoms with E-state index in [0.717, 1.165) is 11.1 Å². The number of nitrogens with two attached hydrogens (primary N) is 1. The summed E-state index contributed by atoms with van der Waals surface area (Å²) in [6.45, 7) is 0. The summed E-state index contributed by atoms with van der Waals surface area (Å²) in [5.41, 5.74) is 8.10. The zero-order chi connectivity index (χ0) is 10.8. The molecule has 2 rings (SSSR count). The first-order valence-electron chi connectivity index (χ1n) is 4.65. The fraction of sp³-hybridized carbons (Fsp3) is 0.182. The first kappa shape index (κ1) is 10.1. The van der Waals surface area contributed by atoms with Gasteiger partial charge in [0, 0.05) is 23.1 Å². The number of hydrogen-bond acceptors (Lipinski definition) is 3. The molecule has 78 valence electrons. The topological polar surface area (TPSA) is 43.8 Å². The van der Waals surface area contributed by atoms with Gasteiger partial charge in [-0.3, -0.25) is 4.68 Å². The average Bonchev–Trinajstić information content (AvgIpc) is 2.60. The van der Waals surface area contributed by atoms with Gasteiger partial charge in [0.15, 0.2) is 0 Å². The van der Waals surface area contributed by atoms with E-state index in [0.29, 0.717) is 5.82 Å². The second-order valence-corrected chi connectivity index (χ2v) is 4.12. The smallest absolute Gasteiger partial charge is 0.129 e. The minimum atomic E-state index is 0.705. The van der Waals surface area contributed by atoms with Crippen molar-refractivity contribution in [3.05, 3.63) is 30.5 Å². The van der Waals surface area contributed by atoms with Crippen LogP contribution in [-0.4, -0.2) is 16.0 Å². The van der Waals surface area contributed by atoms with Gasteiger partial charge in [-0.2, -0.15) is 5.10 Å². The van der Waals surface area contributed by atoms with Crippen LogP contribution in [0.4, 0.5) is 5.82 Å². The van der Waals surface area contributed by atoms with Crippen molar-refractivity contribution in [3.8, 4) is 11.1 Å². The lowest BCUT2D eigenvalue weighted by molar-refractivity contribution is 0.779. The monoisotopic (exact) mass is 219 g/mol. The fourth-order valence-corrected chi connectivity index (χ4v) is 2.13. The fourth-order valence-electron chi connectivity index (χ4n) is 1.52. The quantitative estimate of drug-likeness (QED) is 0.789. The Bertz CT molecular complexity index is 476. The lowest BCUT2D eigenvalue weighted by Gasteiger charge is -2.05. The maximum Gasteiger partial charge on any atom is 0.129 e. The molecule has 0 atom stereocenters. The van der Waals surface area contributed by atoms with E-state index in [-0.39, 0.29) is 0 Å². The highest BCUT2D eigenvalue weighted by atomic mass is 32.2. The van der Waals surface area contributed by atoms with Gasteiger partial charge in [-0.15, -0.1) is 11.8 Å². The Hall–Kier alpha value is -1.42. The second-order valence-electron chi connectivity index (χ2n) is 3.27. The first-order chi connectivity index (χ1) is 7.24. The van der Waals surface area contributed by atoms with Crippen LogP contribution in [0.2, 0.25) is 0 Å². The highest BCUT2D eigenvalue weighted by Crippen LogP contribution is 2.32. The van der Waals surface area contributed by atoms with Crippen molar-refractivity contribution in [2.45, 2.75) is 4.90 Å². The molecule has 0 radical (unpaired) electrons. The molecule has 3 nitrogen and oxygen atoms in total. The van der Waals surface area contributed by atoms with E-state index >= 15 is 0 Å². The Morgan fingerprint density at radius 2 is 2.00 bits per heavy atom. The number of nitrogens with zero attached hydrogens (tertiary/aromatic N) is 2. The zero-order valence-electron chi connectivity index (χ0n) is 8.77. The normalized spacial score (nSPS) is 10.5. The summed E-state index contributed by atoms with van der Waals surface area (Å²) in [4.78, 5) is 1.22. The summed E-state index contributed by atoms with van der Waals surface area (Å²) in [7, 11) is 1.85. The number of thioether (sulfide) groups is 1. The molecule has 0 spiro atoms. The molecule has 0 aliphatic carbocycles. The van der Waals surface area contributed by atoms with Gasteiger partial charge in [-0.25, -0.2) is 0 Å². The predicted octanol–water partition coefficient (Wildman–Crippen LogP) is 2.39. The Kier molecular flexibility index (Phi) is 2.68. The number of anilines is 1. The summed E-state index contributed by atoms with van der Waals surface area (Å²) in [5, 5.41) is 4.15. The minimum Gasteiger partial charge on any atom is -0.383 e. The van der Waals surface area contributed by atoms with Crippen LogP contribution in [-0.2, 0) is 7.05 Å². The molecule has 0 aliphatic heterocycles. The molecule has 15 heavy (non-hydrogen) atoms. The molecule has 0 saturated carbocycles. The summed E-state index contributed by atoms with van der Waals surface area (Å²) in [5.74, 6) is 0.705. The summed E-state index contributed by atoms with van der Waals surface area (Å²) in [6.07, 6.45) is 3.87. The second kappa shape index (κ2) is 3.98. The minimum absolute atomic E-state index is 0.705. The van der Waals surface area contributed by atoms with Gasteiger partial charge in [0.05, 0.1) is 6.20 Å². The van der Waals surface area contributed by atoms with Crippen LogP contribution in [0.15, 0.2) is 35.4 Å². The Morgan fingerprint density at radius 3 is 2.60 bits per heavy atom. The van der Waals surface area contributed by atoms with E-state index in [9.17, 15) is 0 Å². The maximum absolute atomic E-state index is 5.95. The first-order valence-corrected chi connectivity index (χ1v) is 5.87. The van der Waals surface area contributed by atoms with E-state index in [1.54, 1.807) is 16.4 Å². The maximum atomic E-state index is 5.95. The van der Waals surface area contributed by atoms with Gasteiger partial charge in [-0.05, 0) is 12.3 Å². The highest BCUT2D eigenvalue weighted by Gasteiger charge is 2.10. The van der Waals surface area contributed by atoms with Crippen LogP contribution in [0.3, 0.4) is 0 Å². The Morgan fingerprint density at radius 1 is 1.27 bits per heavy atom. The highest BCUT2D eigenvalue weighted by molar-refractivity contribution is 7.98. The third-order valence-electron chi connectivity index (χ3n) is 2.38. The molecule has 4 heteroatoms. The van der Waals surface area contributed by atoms with Crippen molar-refractivity contribution in [1.82, 2.24) is 9.78 Å².